The van der Waals surface area contributed by atoms with Crippen LogP contribution >= 0.6 is 11.6 Å². The topological polar surface area (TPSA) is 67.7 Å². The Balaban J connectivity index is 1.94. The molecule has 0 aliphatic heterocycles. The summed E-state index contributed by atoms with van der Waals surface area (Å²) in [6.45, 7) is 0. The van der Waals surface area contributed by atoms with E-state index in [1.165, 1.54) is 32.1 Å². The van der Waals surface area contributed by atoms with Gasteiger partial charge in [-0.1, -0.05) is 43.0 Å². The average Bonchev–Trinajstić information content (AvgIpc) is 3.01. The van der Waals surface area contributed by atoms with Gasteiger partial charge in [0.25, 0.3) is 0 Å². The fourth-order valence-electron chi connectivity index (χ4n) is 3.81. The molecule has 0 atom stereocenters. The summed E-state index contributed by atoms with van der Waals surface area (Å²) in [7, 11) is 0. The highest BCUT2D eigenvalue weighted by Crippen LogP contribution is 2.36. The lowest BCUT2D eigenvalue weighted by atomic mass is 9.95. The number of hydrogen-bond acceptors (Lipinski definition) is 2. The van der Waals surface area contributed by atoms with Crippen molar-refractivity contribution in [3.63, 3.8) is 0 Å². The molecule has 0 saturated heterocycles. The zero-order chi connectivity index (χ0) is 17.4. The molecule has 4 rings (SSSR count). The maximum atomic E-state index is 7.68. The van der Waals surface area contributed by atoms with Crippen molar-refractivity contribution in [1.82, 2.24) is 9.55 Å². The van der Waals surface area contributed by atoms with Gasteiger partial charge in [-0.05, 0) is 43.2 Å². The number of nitrogens with two attached hydrogens (primary N) is 1. The van der Waals surface area contributed by atoms with Gasteiger partial charge in [0.15, 0.2) is 0 Å². The number of imidazole rings is 1. The van der Waals surface area contributed by atoms with Gasteiger partial charge in [-0.15, -0.1) is 0 Å². The molecule has 1 aromatic heterocycles. The van der Waals surface area contributed by atoms with Gasteiger partial charge in [-0.3, -0.25) is 5.41 Å². The predicted octanol–water partition coefficient (Wildman–Crippen LogP) is 5.15. The highest BCUT2D eigenvalue weighted by atomic mass is 35.5. The van der Waals surface area contributed by atoms with Crippen molar-refractivity contribution in [2.45, 2.75) is 38.1 Å². The average molecular weight is 353 g/mol. The summed E-state index contributed by atoms with van der Waals surface area (Å²) >= 11 is 6.22. The van der Waals surface area contributed by atoms with Crippen LogP contribution in [-0.2, 0) is 0 Å². The Morgan fingerprint density at radius 2 is 1.92 bits per heavy atom. The minimum Gasteiger partial charge on any atom is -0.384 e. The summed E-state index contributed by atoms with van der Waals surface area (Å²) in [6.07, 6.45) is 6.17. The number of benzene rings is 2. The number of fused-ring (bicyclic) bond motifs is 1. The van der Waals surface area contributed by atoms with Crippen LogP contribution in [0.2, 0.25) is 5.02 Å². The molecular formula is C20H21ClN4. The zero-order valence-electron chi connectivity index (χ0n) is 14.0. The van der Waals surface area contributed by atoms with Crippen molar-refractivity contribution in [3.8, 4) is 11.4 Å². The summed E-state index contributed by atoms with van der Waals surface area (Å²) in [4.78, 5) is 4.89. The molecule has 128 valence electrons. The van der Waals surface area contributed by atoms with Gasteiger partial charge in [-0.25, -0.2) is 4.98 Å². The van der Waals surface area contributed by atoms with Crippen LogP contribution in [0.5, 0.6) is 0 Å². The number of halogens is 1. The number of hydrogen-bond donors (Lipinski definition) is 2. The van der Waals surface area contributed by atoms with Gasteiger partial charge in [-0.2, -0.15) is 0 Å². The Bertz CT molecular complexity index is 938. The highest BCUT2D eigenvalue weighted by Gasteiger charge is 2.22. The summed E-state index contributed by atoms with van der Waals surface area (Å²) < 4.78 is 2.37. The zero-order valence-corrected chi connectivity index (χ0v) is 14.8. The lowest BCUT2D eigenvalue weighted by Crippen LogP contribution is -2.14. The first-order valence-corrected chi connectivity index (χ1v) is 9.13. The largest absolute Gasteiger partial charge is 0.384 e. The fourth-order valence-corrected chi connectivity index (χ4v) is 4.00. The lowest BCUT2D eigenvalue weighted by Gasteiger charge is -2.25. The molecule has 3 N–H and O–H groups in total. The molecule has 25 heavy (non-hydrogen) atoms. The van der Waals surface area contributed by atoms with E-state index in [9.17, 15) is 0 Å². The van der Waals surface area contributed by atoms with E-state index in [0.29, 0.717) is 16.6 Å². The van der Waals surface area contributed by atoms with E-state index in [2.05, 4.69) is 10.6 Å². The smallest absolute Gasteiger partial charge is 0.141 e. The predicted molar refractivity (Wildman–Crippen MR) is 103 cm³/mol. The second-order valence-corrected chi connectivity index (χ2v) is 7.16. The second kappa shape index (κ2) is 6.52. The van der Waals surface area contributed by atoms with Gasteiger partial charge in [0.05, 0.1) is 11.0 Å². The molecule has 5 heteroatoms. The minimum absolute atomic E-state index is 0.0680. The first kappa shape index (κ1) is 16.2. The van der Waals surface area contributed by atoms with E-state index >= 15 is 0 Å². The Morgan fingerprint density at radius 1 is 1.12 bits per heavy atom. The SMILES string of the molecule is N=C(N)c1ccc2c(c1)nc(-c1cccc(Cl)c1)n2C1CCCCC1. The molecule has 1 heterocycles. The highest BCUT2D eigenvalue weighted by molar-refractivity contribution is 6.30. The normalized spacial score (nSPS) is 15.6. The first-order valence-electron chi connectivity index (χ1n) is 8.76. The molecule has 3 aromatic rings. The second-order valence-electron chi connectivity index (χ2n) is 6.72. The molecule has 1 fully saturated rings. The van der Waals surface area contributed by atoms with Gasteiger partial charge in [0.2, 0.25) is 0 Å². The van der Waals surface area contributed by atoms with Gasteiger partial charge in [0, 0.05) is 22.2 Å². The van der Waals surface area contributed by atoms with Crippen LogP contribution in [0.3, 0.4) is 0 Å². The van der Waals surface area contributed by atoms with Crippen molar-refractivity contribution >= 4 is 28.5 Å². The van der Waals surface area contributed by atoms with E-state index < -0.39 is 0 Å². The molecule has 0 unspecified atom stereocenters. The van der Waals surface area contributed by atoms with Gasteiger partial charge in [0.1, 0.15) is 11.7 Å². The maximum absolute atomic E-state index is 7.68. The third kappa shape index (κ3) is 3.02. The number of amidine groups is 1. The van der Waals surface area contributed by atoms with Crippen LogP contribution in [-0.4, -0.2) is 15.4 Å². The third-order valence-corrected chi connectivity index (χ3v) is 5.26. The van der Waals surface area contributed by atoms with E-state index in [-0.39, 0.29) is 5.84 Å². The third-order valence-electron chi connectivity index (χ3n) is 5.02. The van der Waals surface area contributed by atoms with E-state index in [1.54, 1.807) is 0 Å². The quantitative estimate of drug-likeness (QED) is 0.505. The summed E-state index contributed by atoms with van der Waals surface area (Å²) in [5, 5.41) is 8.40. The molecule has 0 amide bonds. The molecular weight excluding hydrogens is 332 g/mol. The van der Waals surface area contributed by atoms with Crippen LogP contribution in [0.4, 0.5) is 0 Å². The molecule has 0 radical (unpaired) electrons. The molecule has 2 aromatic carbocycles. The number of nitrogens with zero attached hydrogens (tertiary/aromatic N) is 2. The Morgan fingerprint density at radius 3 is 2.64 bits per heavy atom. The minimum atomic E-state index is 0.0680. The molecule has 1 aliphatic carbocycles. The van der Waals surface area contributed by atoms with Crippen LogP contribution in [0.1, 0.15) is 43.7 Å². The van der Waals surface area contributed by atoms with Crippen molar-refractivity contribution in [3.05, 3.63) is 53.1 Å². The van der Waals surface area contributed by atoms with E-state index in [1.807, 2.05) is 36.4 Å². The molecule has 0 bridgehead atoms. The summed E-state index contributed by atoms with van der Waals surface area (Å²) in [5.41, 5.74) is 9.37. The van der Waals surface area contributed by atoms with Crippen molar-refractivity contribution in [2.75, 3.05) is 0 Å². The maximum Gasteiger partial charge on any atom is 0.141 e. The summed E-state index contributed by atoms with van der Waals surface area (Å²) in [6, 6.07) is 14.2. The number of aromatic nitrogens is 2. The molecule has 4 nitrogen and oxygen atoms in total. The first-order chi connectivity index (χ1) is 12.1. The number of rotatable bonds is 3. The van der Waals surface area contributed by atoms with E-state index in [4.69, 9.17) is 27.7 Å². The van der Waals surface area contributed by atoms with Crippen molar-refractivity contribution < 1.29 is 0 Å². The lowest BCUT2D eigenvalue weighted by molar-refractivity contribution is 0.362. The van der Waals surface area contributed by atoms with Crippen LogP contribution in [0.25, 0.3) is 22.4 Å². The Hall–Kier alpha value is -2.33. The number of nitrogen functional groups attached to an aromatic ring is 1. The van der Waals surface area contributed by atoms with Crippen LogP contribution < -0.4 is 5.73 Å². The molecule has 1 saturated carbocycles. The van der Waals surface area contributed by atoms with Crippen molar-refractivity contribution in [2.24, 2.45) is 5.73 Å². The van der Waals surface area contributed by atoms with Gasteiger partial charge < -0.3 is 10.3 Å². The van der Waals surface area contributed by atoms with Gasteiger partial charge >= 0.3 is 0 Å². The molecule has 1 aliphatic rings. The fraction of sp³-hybridized carbons (Fsp3) is 0.300. The van der Waals surface area contributed by atoms with Crippen LogP contribution in [0, 0.1) is 5.41 Å². The summed E-state index contributed by atoms with van der Waals surface area (Å²) in [5.74, 6) is 1.02. The number of nitrogens with one attached hydrogen (secondary N) is 1. The van der Waals surface area contributed by atoms with Crippen LogP contribution in [0.15, 0.2) is 42.5 Å². The van der Waals surface area contributed by atoms with Crippen molar-refractivity contribution in [1.29, 1.82) is 5.41 Å². The standard InChI is InChI=1S/C20H21ClN4/c21-15-6-4-5-14(11-15)20-24-17-12-13(19(22)23)9-10-18(17)25(20)16-7-2-1-3-8-16/h4-6,9-12,16H,1-3,7-8H2,(H3,22,23). The molecule has 0 spiro atoms. The monoisotopic (exact) mass is 352 g/mol. The van der Waals surface area contributed by atoms with E-state index in [0.717, 1.165) is 22.4 Å². The Labute approximate surface area is 152 Å². The Kier molecular flexibility index (Phi) is 4.22.